The number of pyridine rings is 1. The van der Waals surface area contributed by atoms with Gasteiger partial charge in [-0.25, -0.2) is 13.2 Å². The van der Waals surface area contributed by atoms with E-state index < -0.39 is 29.2 Å². The van der Waals surface area contributed by atoms with Crippen molar-refractivity contribution in [1.29, 1.82) is 0 Å². The highest BCUT2D eigenvalue weighted by Gasteiger charge is 2.41. The third-order valence-corrected chi connectivity index (χ3v) is 7.50. The molecule has 1 saturated heterocycles. The molecule has 1 unspecified atom stereocenters. The Hall–Kier alpha value is -3.37. The molecule has 0 saturated carbocycles. The standard InChI is InChI=1S/C28H33F3N4O3/c1-38-22-2-3-25-23(15-22)26(18(16-32)17-34-25)24(31)4-5-28(27(36)37)6-9-35(10-7-28)11-8-33-21-13-19(29)12-20(30)14-21/h2-3,12-15,17,24,33H,4-11,16,32H2,1H3,(H,36,37). The molecule has 7 nitrogen and oxygen atoms in total. The molecule has 0 bridgehead atoms. The predicted octanol–water partition coefficient (Wildman–Crippen LogP) is 5.05. The first kappa shape index (κ1) is 27.7. The molecule has 1 aliphatic rings. The summed E-state index contributed by atoms with van der Waals surface area (Å²) in [6, 6.07) is 8.52. The van der Waals surface area contributed by atoms with Crippen LogP contribution in [0.2, 0.25) is 0 Å². The second-order valence-electron chi connectivity index (χ2n) is 9.80. The molecule has 38 heavy (non-hydrogen) atoms. The van der Waals surface area contributed by atoms with Gasteiger partial charge in [0.25, 0.3) is 0 Å². The molecule has 2 heterocycles. The minimum Gasteiger partial charge on any atom is -0.497 e. The zero-order chi connectivity index (χ0) is 27.3. The van der Waals surface area contributed by atoms with Gasteiger partial charge < -0.3 is 25.8 Å². The van der Waals surface area contributed by atoms with Crippen molar-refractivity contribution in [2.75, 3.05) is 38.6 Å². The van der Waals surface area contributed by atoms with E-state index in [9.17, 15) is 18.7 Å². The lowest BCUT2D eigenvalue weighted by Gasteiger charge is -2.39. The number of anilines is 1. The van der Waals surface area contributed by atoms with E-state index >= 15 is 4.39 Å². The predicted molar refractivity (Wildman–Crippen MR) is 140 cm³/mol. The third-order valence-electron chi connectivity index (χ3n) is 7.50. The zero-order valence-corrected chi connectivity index (χ0v) is 21.4. The fraction of sp³-hybridized carbons (Fsp3) is 0.429. The number of methoxy groups -OCH3 is 1. The molecule has 2 aromatic carbocycles. The number of benzene rings is 2. The lowest BCUT2D eigenvalue weighted by molar-refractivity contribution is -0.153. The van der Waals surface area contributed by atoms with Crippen molar-refractivity contribution < 1.29 is 27.8 Å². The number of carbonyl (C=O) groups is 1. The highest BCUT2D eigenvalue weighted by Crippen LogP contribution is 2.41. The number of alkyl halides is 1. The maximum Gasteiger partial charge on any atom is 0.309 e. The Morgan fingerprint density at radius 2 is 1.92 bits per heavy atom. The van der Waals surface area contributed by atoms with Crippen LogP contribution in [0.25, 0.3) is 10.9 Å². The van der Waals surface area contributed by atoms with Gasteiger partial charge in [-0.15, -0.1) is 0 Å². The number of piperidine rings is 1. The molecule has 3 aromatic rings. The number of aromatic nitrogens is 1. The number of aliphatic carboxylic acids is 1. The quantitative estimate of drug-likeness (QED) is 0.319. The first-order chi connectivity index (χ1) is 18.2. The number of hydrogen-bond acceptors (Lipinski definition) is 6. The van der Waals surface area contributed by atoms with Crippen molar-refractivity contribution >= 4 is 22.6 Å². The summed E-state index contributed by atoms with van der Waals surface area (Å²) in [5.74, 6) is -1.65. The van der Waals surface area contributed by atoms with Gasteiger partial charge in [-0.1, -0.05) is 0 Å². The van der Waals surface area contributed by atoms with E-state index in [1.807, 2.05) is 0 Å². The first-order valence-corrected chi connectivity index (χ1v) is 12.7. The van der Waals surface area contributed by atoms with Crippen LogP contribution in [-0.4, -0.2) is 54.2 Å². The van der Waals surface area contributed by atoms with Crippen LogP contribution in [0.1, 0.15) is 43.0 Å². The van der Waals surface area contributed by atoms with Gasteiger partial charge >= 0.3 is 5.97 Å². The Kier molecular flexibility index (Phi) is 8.73. The minimum atomic E-state index is -1.41. The first-order valence-electron chi connectivity index (χ1n) is 12.7. The molecular weight excluding hydrogens is 497 g/mol. The number of carboxylic acid groups (broad SMARTS) is 1. The summed E-state index contributed by atoms with van der Waals surface area (Å²) < 4.78 is 47.9. The van der Waals surface area contributed by atoms with Gasteiger partial charge in [-0.3, -0.25) is 9.78 Å². The number of halogens is 3. The minimum absolute atomic E-state index is 0.0440. The fourth-order valence-corrected chi connectivity index (χ4v) is 5.23. The number of nitrogens with two attached hydrogens (primary N) is 1. The molecule has 0 spiro atoms. The molecule has 1 aliphatic heterocycles. The number of rotatable bonds is 11. The summed E-state index contributed by atoms with van der Waals surface area (Å²) >= 11 is 0. The van der Waals surface area contributed by atoms with Crippen LogP contribution in [0, 0.1) is 17.0 Å². The maximum absolute atomic E-state index is 15.8. The van der Waals surface area contributed by atoms with Gasteiger partial charge in [0, 0.05) is 48.5 Å². The Morgan fingerprint density at radius 1 is 1.21 bits per heavy atom. The van der Waals surface area contributed by atoms with Crippen LogP contribution in [0.4, 0.5) is 18.9 Å². The van der Waals surface area contributed by atoms with Crippen molar-refractivity contribution in [1.82, 2.24) is 9.88 Å². The molecular formula is C28H33F3N4O3. The SMILES string of the molecule is COc1ccc2ncc(CN)c(C(F)CCC3(C(=O)O)CCN(CCNc4cc(F)cc(F)c4)CC3)c2c1. The van der Waals surface area contributed by atoms with E-state index in [0.29, 0.717) is 72.5 Å². The van der Waals surface area contributed by atoms with E-state index in [1.54, 1.807) is 24.4 Å². The Morgan fingerprint density at radius 3 is 2.55 bits per heavy atom. The average molecular weight is 531 g/mol. The van der Waals surface area contributed by atoms with Crippen LogP contribution in [0.3, 0.4) is 0 Å². The van der Waals surface area contributed by atoms with Gasteiger partial charge in [-0.05, 0) is 74.7 Å². The number of hydrogen-bond donors (Lipinski definition) is 3. The summed E-state index contributed by atoms with van der Waals surface area (Å²) in [5.41, 5.74) is 6.87. The van der Waals surface area contributed by atoms with E-state index in [4.69, 9.17) is 10.5 Å². The Labute approximate surface area is 219 Å². The Balaban J connectivity index is 1.39. The number of likely N-dealkylation sites (tertiary alicyclic amines) is 1. The number of nitrogens with zero attached hydrogens (tertiary/aromatic N) is 2. The molecule has 0 radical (unpaired) electrons. The summed E-state index contributed by atoms with van der Waals surface area (Å²) in [6.07, 6.45) is 1.18. The number of fused-ring (bicyclic) bond motifs is 1. The molecule has 204 valence electrons. The average Bonchev–Trinajstić information content (AvgIpc) is 2.90. The van der Waals surface area contributed by atoms with E-state index in [2.05, 4.69) is 15.2 Å². The van der Waals surface area contributed by atoms with E-state index in [1.165, 1.54) is 19.2 Å². The molecule has 4 N–H and O–H groups in total. The van der Waals surface area contributed by atoms with E-state index in [0.717, 1.165) is 6.07 Å². The van der Waals surface area contributed by atoms with Crippen LogP contribution in [0.15, 0.2) is 42.6 Å². The maximum atomic E-state index is 15.8. The second kappa shape index (κ2) is 12.0. The third kappa shape index (κ3) is 6.19. The van der Waals surface area contributed by atoms with Gasteiger partial charge in [0.2, 0.25) is 0 Å². The van der Waals surface area contributed by atoms with Gasteiger partial charge in [0.05, 0.1) is 18.0 Å². The lowest BCUT2D eigenvalue weighted by Crippen LogP contribution is -2.45. The van der Waals surface area contributed by atoms with Gasteiger partial charge in [0.15, 0.2) is 0 Å². The molecule has 1 aromatic heterocycles. The van der Waals surface area contributed by atoms with Crippen LogP contribution in [-0.2, 0) is 11.3 Å². The Bertz CT molecular complexity index is 1260. The second-order valence-corrected chi connectivity index (χ2v) is 9.80. The summed E-state index contributed by atoms with van der Waals surface area (Å²) in [6.45, 7) is 2.23. The molecule has 0 amide bonds. The van der Waals surface area contributed by atoms with Crippen molar-refractivity contribution in [3.05, 3.63) is 65.4 Å². The van der Waals surface area contributed by atoms with Crippen molar-refractivity contribution in [3.63, 3.8) is 0 Å². The molecule has 0 aliphatic carbocycles. The fourth-order valence-electron chi connectivity index (χ4n) is 5.23. The number of carboxylic acids is 1. The largest absolute Gasteiger partial charge is 0.497 e. The van der Waals surface area contributed by atoms with Crippen molar-refractivity contribution in [2.45, 2.75) is 38.4 Å². The van der Waals surface area contributed by atoms with Crippen LogP contribution in [0.5, 0.6) is 5.75 Å². The van der Waals surface area contributed by atoms with Crippen LogP contribution < -0.4 is 15.8 Å². The molecule has 10 heteroatoms. The number of ether oxygens (including phenoxy) is 1. The summed E-state index contributed by atoms with van der Waals surface area (Å²) in [5, 5.41) is 13.7. The lowest BCUT2D eigenvalue weighted by atomic mass is 9.74. The summed E-state index contributed by atoms with van der Waals surface area (Å²) in [4.78, 5) is 18.8. The highest BCUT2D eigenvalue weighted by molar-refractivity contribution is 5.85. The monoisotopic (exact) mass is 530 g/mol. The van der Waals surface area contributed by atoms with Crippen molar-refractivity contribution in [3.8, 4) is 5.75 Å². The molecule has 1 atom stereocenters. The number of nitrogens with one attached hydrogen (secondary N) is 1. The van der Waals surface area contributed by atoms with Crippen LogP contribution >= 0.6 is 0 Å². The van der Waals surface area contributed by atoms with Gasteiger partial charge in [-0.2, -0.15) is 0 Å². The zero-order valence-electron chi connectivity index (χ0n) is 21.4. The van der Waals surface area contributed by atoms with E-state index in [-0.39, 0.29) is 19.4 Å². The topological polar surface area (TPSA) is 101 Å². The molecule has 1 fully saturated rings. The van der Waals surface area contributed by atoms with Gasteiger partial charge in [0.1, 0.15) is 23.6 Å². The summed E-state index contributed by atoms with van der Waals surface area (Å²) in [7, 11) is 1.54. The normalized spacial score (nSPS) is 16.3. The smallest absolute Gasteiger partial charge is 0.309 e. The molecule has 4 rings (SSSR count). The van der Waals surface area contributed by atoms with Crippen molar-refractivity contribution in [2.24, 2.45) is 11.1 Å². The highest BCUT2D eigenvalue weighted by atomic mass is 19.1.